The third-order valence-corrected chi connectivity index (χ3v) is 6.00. The normalized spacial score (nSPS) is 11.6. The Labute approximate surface area is 188 Å². The molecule has 0 fully saturated rings. The maximum Gasteiger partial charge on any atom is 0.242 e. The minimum atomic E-state index is -0.538. The van der Waals surface area contributed by atoms with Crippen LogP contribution in [0.2, 0.25) is 5.02 Å². The number of hydrogen-bond acceptors (Lipinski definition) is 4. The van der Waals surface area contributed by atoms with Crippen LogP contribution < -0.4 is 10.1 Å². The summed E-state index contributed by atoms with van der Waals surface area (Å²) >= 11 is 7.60. The standard InChI is InChI=1S/C23H29ClN2O3S/c1-4-25-23(28)17(2)26(16-18-7-11-20(29-3)12-8-18)22(27)6-5-15-30-21-13-9-19(24)10-14-21/h7-14,17H,4-6,15-16H2,1-3H3,(H,25,28). The molecule has 0 saturated carbocycles. The molecule has 0 aliphatic heterocycles. The van der Waals surface area contributed by atoms with Gasteiger partial charge in [-0.05, 0) is 68.0 Å². The summed E-state index contributed by atoms with van der Waals surface area (Å²) in [6, 6.07) is 14.7. The van der Waals surface area contributed by atoms with Gasteiger partial charge in [-0.2, -0.15) is 0 Å². The zero-order chi connectivity index (χ0) is 21.9. The maximum absolute atomic E-state index is 13.0. The second kappa shape index (κ2) is 12.5. The van der Waals surface area contributed by atoms with Gasteiger partial charge in [0.2, 0.25) is 11.8 Å². The highest BCUT2D eigenvalue weighted by molar-refractivity contribution is 7.99. The Bertz CT molecular complexity index is 812. The van der Waals surface area contributed by atoms with E-state index in [1.807, 2.05) is 55.5 Å². The van der Waals surface area contributed by atoms with Gasteiger partial charge in [-0.25, -0.2) is 0 Å². The molecular formula is C23H29ClN2O3S. The van der Waals surface area contributed by atoms with Crippen LogP contribution in [0.5, 0.6) is 5.75 Å². The highest BCUT2D eigenvalue weighted by atomic mass is 35.5. The van der Waals surface area contributed by atoms with Crippen molar-refractivity contribution >= 4 is 35.2 Å². The van der Waals surface area contributed by atoms with E-state index in [4.69, 9.17) is 16.3 Å². The van der Waals surface area contributed by atoms with E-state index in [9.17, 15) is 9.59 Å². The minimum Gasteiger partial charge on any atom is -0.497 e. The van der Waals surface area contributed by atoms with Gasteiger partial charge in [-0.1, -0.05) is 23.7 Å². The Morgan fingerprint density at radius 2 is 1.80 bits per heavy atom. The second-order valence-electron chi connectivity index (χ2n) is 6.85. The van der Waals surface area contributed by atoms with Crippen LogP contribution in [-0.4, -0.2) is 42.2 Å². The number of nitrogens with zero attached hydrogens (tertiary/aromatic N) is 1. The van der Waals surface area contributed by atoms with Gasteiger partial charge in [-0.15, -0.1) is 11.8 Å². The van der Waals surface area contributed by atoms with Crippen LogP contribution in [-0.2, 0) is 16.1 Å². The lowest BCUT2D eigenvalue weighted by atomic mass is 10.1. The average molecular weight is 449 g/mol. The smallest absolute Gasteiger partial charge is 0.242 e. The molecule has 2 aromatic rings. The first-order chi connectivity index (χ1) is 14.4. The van der Waals surface area contributed by atoms with Crippen molar-refractivity contribution in [2.75, 3.05) is 19.4 Å². The van der Waals surface area contributed by atoms with Crippen molar-refractivity contribution in [3.05, 3.63) is 59.1 Å². The molecule has 0 saturated heterocycles. The summed E-state index contributed by atoms with van der Waals surface area (Å²) in [7, 11) is 1.62. The van der Waals surface area contributed by atoms with Crippen molar-refractivity contribution in [1.29, 1.82) is 0 Å². The number of nitrogens with one attached hydrogen (secondary N) is 1. The zero-order valence-corrected chi connectivity index (χ0v) is 19.3. The molecule has 0 aliphatic rings. The molecule has 1 unspecified atom stereocenters. The number of carbonyl (C=O) groups excluding carboxylic acids is 2. The predicted octanol–water partition coefficient (Wildman–Crippen LogP) is 4.77. The Kier molecular flexibility index (Phi) is 10.0. The van der Waals surface area contributed by atoms with Crippen molar-refractivity contribution in [3.8, 4) is 5.75 Å². The van der Waals surface area contributed by atoms with Crippen LogP contribution in [0.25, 0.3) is 0 Å². The number of carbonyl (C=O) groups is 2. The van der Waals surface area contributed by atoms with Gasteiger partial charge in [0.1, 0.15) is 11.8 Å². The number of benzene rings is 2. The Morgan fingerprint density at radius 1 is 1.13 bits per heavy atom. The SMILES string of the molecule is CCNC(=O)C(C)N(Cc1ccc(OC)cc1)C(=O)CCCSc1ccc(Cl)cc1. The minimum absolute atomic E-state index is 0.0266. The molecule has 2 amide bonds. The molecule has 0 spiro atoms. The largest absolute Gasteiger partial charge is 0.497 e. The van der Waals surface area contributed by atoms with Crippen molar-refractivity contribution < 1.29 is 14.3 Å². The first kappa shape index (κ1) is 24.1. The number of methoxy groups -OCH3 is 1. The quantitative estimate of drug-likeness (QED) is 0.397. The second-order valence-corrected chi connectivity index (χ2v) is 8.45. The van der Waals surface area contributed by atoms with Crippen molar-refractivity contribution in [2.45, 2.75) is 44.2 Å². The Balaban J connectivity index is 1.97. The van der Waals surface area contributed by atoms with E-state index < -0.39 is 6.04 Å². The van der Waals surface area contributed by atoms with Crippen LogP contribution in [0.15, 0.2) is 53.4 Å². The summed E-state index contributed by atoms with van der Waals surface area (Å²) in [5.74, 6) is 1.41. The van der Waals surface area contributed by atoms with E-state index >= 15 is 0 Å². The van der Waals surface area contributed by atoms with Crippen LogP contribution in [0.4, 0.5) is 0 Å². The molecule has 2 rings (SSSR count). The molecule has 2 aromatic carbocycles. The predicted molar refractivity (Wildman–Crippen MR) is 123 cm³/mol. The molecule has 162 valence electrons. The fraction of sp³-hybridized carbons (Fsp3) is 0.391. The highest BCUT2D eigenvalue weighted by Gasteiger charge is 2.25. The van der Waals surface area contributed by atoms with Gasteiger partial charge in [0.25, 0.3) is 0 Å². The molecule has 0 aliphatic carbocycles. The number of likely N-dealkylation sites (N-methyl/N-ethyl adjacent to an activating group) is 1. The number of thioether (sulfide) groups is 1. The first-order valence-electron chi connectivity index (χ1n) is 10.0. The van der Waals surface area contributed by atoms with Gasteiger partial charge < -0.3 is 15.0 Å². The monoisotopic (exact) mass is 448 g/mol. The summed E-state index contributed by atoms with van der Waals surface area (Å²) in [4.78, 5) is 28.1. The molecule has 1 atom stereocenters. The highest BCUT2D eigenvalue weighted by Crippen LogP contribution is 2.22. The summed E-state index contributed by atoms with van der Waals surface area (Å²) < 4.78 is 5.19. The van der Waals surface area contributed by atoms with Crippen LogP contribution >= 0.6 is 23.4 Å². The van der Waals surface area contributed by atoms with E-state index in [0.29, 0.717) is 24.5 Å². The molecule has 0 bridgehead atoms. The third kappa shape index (κ3) is 7.58. The summed E-state index contributed by atoms with van der Waals surface area (Å²) in [5, 5.41) is 3.52. The fourth-order valence-corrected chi connectivity index (χ4v) is 3.90. The van der Waals surface area contributed by atoms with Gasteiger partial charge in [-0.3, -0.25) is 9.59 Å². The number of rotatable bonds is 11. The molecule has 5 nitrogen and oxygen atoms in total. The van der Waals surface area contributed by atoms with Gasteiger partial charge >= 0.3 is 0 Å². The average Bonchev–Trinajstić information content (AvgIpc) is 2.76. The molecule has 0 heterocycles. The molecule has 0 aromatic heterocycles. The van der Waals surface area contributed by atoms with Crippen LogP contribution in [0.1, 0.15) is 32.3 Å². The maximum atomic E-state index is 13.0. The third-order valence-electron chi connectivity index (χ3n) is 4.65. The van der Waals surface area contributed by atoms with E-state index in [1.54, 1.807) is 30.7 Å². The Hall–Kier alpha value is -2.18. The van der Waals surface area contributed by atoms with Crippen molar-refractivity contribution in [2.24, 2.45) is 0 Å². The molecule has 7 heteroatoms. The Morgan fingerprint density at radius 3 is 2.40 bits per heavy atom. The molecule has 1 N–H and O–H groups in total. The summed E-state index contributed by atoms with van der Waals surface area (Å²) in [6.07, 6.45) is 1.12. The van der Waals surface area contributed by atoms with E-state index in [0.717, 1.165) is 28.4 Å². The first-order valence-corrected chi connectivity index (χ1v) is 11.4. The van der Waals surface area contributed by atoms with Crippen molar-refractivity contribution in [3.63, 3.8) is 0 Å². The van der Waals surface area contributed by atoms with Gasteiger partial charge in [0, 0.05) is 29.4 Å². The number of amides is 2. The van der Waals surface area contributed by atoms with Crippen LogP contribution in [0, 0.1) is 0 Å². The lowest BCUT2D eigenvalue weighted by Gasteiger charge is -2.29. The summed E-state index contributed by atoms with van der Waals surface area (Å²) in [6.45, 7) is 4.56. The van der Waals surface area contributed by atoms with Crippen molar-refractivity contribution in [1.82, 2.24) is 10.2 Å². The number of halogens is 1. The zero-order valence-electron chi connectivity index (χ0n) is 17.7. The van der Waals surface area contributed by atoms with Crippen LogP contribution in [0.3, 0.4) is 0 Å². The molecule has 30 heavy (non-hydrogen) atoms. The van der Waals surface area contributed by atoms with E-state index in [1.165, 1.54) is 0 Å². The van der Waals surface area contributed by atoms with Gasteiger partial charge in [0.05, 0.1) is 7.11 Å². The number of ether oxygens (including phenoxy) is 1. The lowest BCUT2D eigenvalue weighted by Crippen LogP contribution is -2.47. The van der Waals surface area contributed by atoms with E-state index in [2.05, 4.69) is 5.32 Å². The molecular weight excluding hydrogens is 420 g/mol. The summed E-state index contributed by atoms with van der Waals surface area (Å²) in [5.41, 5.74) is 0.954. The van der Waals surface area contributed by atoms with E-state index in [-0.39, 0.29) is 11.8 Å². The van der Waals surface area contributed by atoms with Gasteiger partial charge in [0.15, 0.2) is 0 Å². The topological polar surface area (TPSA) is 58.6 Å². The lowest BCUT2D eigenvalue weighted by molar-refractivity contribution is -0.140. The fourth-order valence-electron chi connectivity index (χ4n) is 2.92. The number of hydrogen-bond donors (Lipinski definition) is 1. The molecule has 0 radical (unpaired) electrons.